The van der Waals surface area contributed by atoms with Crippen LogP contribution in [0.2, 0.25) is 0 Å². The summed E-state index contributed by atoms with van der Waals surface area (Å²) >= 11 is 0. The molecule has 0 saturated carbocycles. The second kappa shape index (κ2) is 6.96. The van der Waals surface area contributed by atoms with Gasteiger partial charge in [0.25, 0.3) is 11.8 Å². The molecule has 25 heavy (non-hydrogen) atoms. The summed E-state index contributed by atoms with van der Waals surface area (Å²) in [6.45, 7) is 4.01. The van der Waals surface area contributed by atoms with Crippen LogP contribution in [0, 0.1) is 6.92 Å². The maximum atomic E-state index is 12.8. The lowest BCUT2D eigenvalue weighted by molar-refractivity contribution is 0.0713. The minimum Gasteiger partial charge on any atom is -0.508 e. The Morgan fingerprint density at radius 1 is 1.08 bits per heavy atom. The number of aromatic nitrogens is 2. The van der Waals surface area contributed by atoms with Crippen LogP contribution in [0.3, 0.4) is 0 Å². The molecule has 0 radical (unpaired) electrons. The summed E-state index contributed by atoms with van der Waals surface area (Å²) in [5.41, 5.74) is 1.88. The summed E-state index contributed by atoms with van der Waals surface area (Å²) in [4.78, 5) is 32.9. The maximum absolute atomic E-state index is 12.8. The summed E-state index contributed by atoms with van der Waals surface area (Å²) in [7, 11) is 1.79. The highest BCUT2D eigenvalue weighted by Gasteiger charge is 2.25. The van der Waals surface area contributed by atoms with Crippen molar-refractivity contribution in [1.82, 2.24) is 19.4 Å². The molecule has 1 N–H and O–H groups in total. The monoisotopic (exact) mass is 342 g/mol. The van der Waals surface area contributed by atoms with Gasteiger partial charge in [0.1, 0.15) is 11.4 Å². The highest BCUT2D eigenvalue weighted by Crippen LogP contribution is 2.18. The third-order valence-electron chi connectivity index (χ3n) is 4.55. The summed E-state index contributed by atoms with van der Waals surface area (Å²) in [5, 5.41) is 9.51. The molecule has 132 valence electrons. The van der Waals surface area contributed by atoms with Gasteiger partial charge in [-0.3, -0.25) is 9.59 Å². The van der Waals surface area contributed by atoms with Gasteiger partial charge in [0, 0.05) is 38.8 Å². The van der Waals surface area contributed by atoms with Crippen molar-refractivity contribution >= 4 is 11.8 Å². The number of nitrogens with zero attached hydrogens (tertiary/aromatic N) is 4. The Morgan fingerprint density at radius 3 is 2.36 bits per heavy atom. The van der Waals surface area contributed by atoms with Gasteiger partial charge in [0.15, 0.2) is 0 Å². The number of phenols is 1. The predicted molar refractivity (Wildman–Crippen MR) is 92.5 cm³/mol. The Hall–Kier alpha value is -2.83. The number of hydrogen-bond acceptors (Lipinski definition) is 4. The van der Waals surface area contributed by atoms with E-state index in [4.69, 9.17) is 0 Å². The number of benzene rings is 1. The number of aromatic hydroxyl groups is 1. The lowest BCUT2D eigenvalue weighted by Gasteiger charge is -2.23. The lowest BCUT2D eigenvalue weighted by Crippen LogP contribution is -2.38. The van der Waals surface area contributed by atoms with Crippen LogP contribution in [0.5, 0.6) is 5.75 Å². The molecule has 0 bridgehead atoms. The molecule has 1 aliphatic heterocycles. The van der Waals surface area contributed by atoms with E-state index in [1.165, 1.54) is 6.07 Å². The first-order valence-corrected chi connectivity index (χ1v) is 8.32. The second-order valence-electron chi connectivity index (χ2n) is 6.33. The third kappa shape index (κ3) is 3.50. The van der Waals surface area contributed by atoms with Crippen molar-refractivity contribution in [3.63, 3.8) is 0 Å². The van der Waals surface area contributed by atoms with Gasteiger partial charge < -0.3 is 19.5 Å². The first kappa shape index (κ1) is 17.0. The molecule has 0 atom stereocenters. The van der Waals surface area contributed by atoms with Gasteiger partial charge in [-0.05, 0) is 37.1 Å². The standard InChI is InChI=1S/C18H22N4O3/c1-13-10-14(23)4-5-15(13)17(24)21-6-3-7-22(9-8-21)18(25)16-11-19-12-20(16)2/h4-5,10-12,23H,3,6-9H2,1-2H3. The Bertz CT molecular complexity index is 799. The molecular formula is C18H22N4O3. The molecule has 2 heterocycles. The molecule has 0 spiro atoms. The second-order valence-corrected chi connectivity index (χ2v) is 6.33. The van der Waals surface area contributed by atoms with E-state index in [1.54, 1.807) is 46.1 Å². The Labute approximate surface area is 146 Å². The van der Waals surface area contributed by atoms with E-state index in [-0.39, 0.29) is 17.6 Å². The number of aryl methyl sites for hydroxylation is 2. The van der Waals surface area contributed by atoms with Crippen molar-refractivity contribution in [2.75, 3.05) is 26.2 Å². The van der Waals surface area contributed by atoms with Crippen LogP contribution in [0.1, 0.15) is 32.8 Å². The van der Waals surface area contributed by atoms with E-state index >= 15 is 0 Å². The Morgan fingerprint density at radius 2 is 1.76 bits per heavy atom. The van der Waals surface area contributed by atoms with Crippen molar-refractivity contribution in [2.24, 2.45) is 7.05 Å². The van der Waals surface area contributed by atoms with Crippen molar-refractivity contribution in [3.8, 4) is 5.75 Å². The predicted octanol–water partition coefficient (Wildman–Crippen LogP) is 1.42. The van der Waals surface area contributed by atoms with Gasteiger partial charge in [-0.1, -0.05) is 0 Å². The van der Waals surface area contributed by atoms with Crippen molar-refractivity contribution in [2.45, 2.75) is 13.3 Å². The smallest absolute Gasteiger partial charge is 0.272 e. The number of hydrogen-bond donors (Lipinski definition) is 1. The van der Waals surface area contributed by atoms with E-state index in [2.05, 4.69) is 4.98 Å². The summed E-state index contributed by atoms with van der Waals surface area (Å²) in [5.74, 6) is 0.0281. The lowest BCUT2D eigenvalue weighted by atomic mass is 10.1. The summed E-state index contributed by atoms with van der Waals surface area (Å²) in [6.07, 6.45) is 3.90. The highest BCUT2D eigenvalue weighted by molar-refractivity contribution is 5.96. The van der Waals surface area contributed by atoms with Crippen LogP contribution in [-0.4, -0.2) is 62.5 Å². The fourth-order valence-corrected chi connectivity index (χ4v) is 3.11. The topological polar surface area (TPSA) is 78.7 Å². The van der Waals surface area contributed by atoms with Crippen LogP contribution in [0.15, 0.2) is 30.7 Å². The molecule has 7 nitrogen and oxygen atoms in total. The van der Waals surface area contributed by atoms with E-state index in [0.717, 1.165) is 12.0 Å². The quantitative estimate of drug-likeness (QED) is 0.895. The summed E-state index contributed by atoms with van der Waals surface area (Å²) in [6, 6.07) is 4.76. The molecule has 1 fully saturated rings. The van der Waals surface area contributed by atoms with Crippen LogP contribution >= 0.6 is 0 Å². The van der Waals surface area contributed by atoms with Gasteiger partial charge in [0.05, 0.1) is 12.5 Å². The molecule has 0 aliphatic carbocycles. The molecule has 3 rings (SSSR count). The van der Waals surface area contributed by atoms with Crippen LogP contribution in [0.25, 0.3) is 0 Å². The van der Waals surface area contributed by atoms with Crippen LogP contribution in [-0.2, 0) is 7.05 Å². The molecule has 0 unspecified atom stereocenters. The minimum absolute atomic E-state index is 0.0601. The number of carbonyl (C=O) groups excluding carboxylic acids is 2. The van der Waals surface area contributed by atoms with Crippen LogP contribution in [0.4, 0.5) is 0 Å². The summed E-state index contributed by atoms with van der Waals surface area (Å²) < 4.78 is 1.70. The largest absolute Gasteiger partial charge is 0.508 e. The molecule has 2 amide bonds. The van der Waals surface area contributed by atoms with Crippen molar-refractivity contribution in [3.05, 3.63) is 47.5 Å². The zero-order valence-corrected chi connectivity index (χ0v) is 14.5. The van der Waals surface area contributed by atoms with Gasteiger partial charge >= 0.3 is 0 Å². The number of phenolic OH excluding ortho intramolecular Hbond substituents is 1. The molecule has 7 heteroatoms. The fraction of sp³-hybridized carbons (Fsp3) is 0.389. The maximum Gasteiger partial charge on any atom is 0.272 e. The Balaban J connectivity index is 1.70. The van der Waals surface area contributed by atoms with Gasteiger partial charge in [0.2, 0.25) is 0 Å². The van der Waals surface area contributed by atoms with Crippen LogP contribution < -0.4 is 0 Å². The minimum atomic E-state index is -0.0627. The number of imidazole rings is 1. The average Bonchev–Trinajstić information content (AvgIpc) is 2.86. The molecule has 2 aromatic rings. The molecule has 1 saturated heterocycles. The van der Waals surface area contributed by atoms with Crippen molar-refractivity contribution in [1.29, 1.82) is 0 Å². The van der Waals surface area contributed by atoms with E-state index in [1.807, 2.05) is 6.92 Å². The fourth-order valence-electron chi connectivity index (χ4n) is 3.11. The number of carbonyl (C=O) groups is 2. The highest BCUT2D eigenvalue weighted by atomic mass is 16.3. The van der Waals surface area contributed by atoms with Gasteiger partial charge in [-0.25, -0.2) is 4.98 Å². The first-order valence-electron chi connectivity index (χ1n) is 8.32. The van der Waals surface area contributed by atoms with E-state index in [9.17, 15) is 14.7 Å². The first-order chi connectivity index (χ1) is 12.0. The molecule has 1 aromatic carbocycles. The molecule has 1 aliphatic rings. The van der Waals surface area contributed by atoms with Gasteiger partial charge in [-0.2, -0.15) is 0 Å². The average molecular weight is 342 g/mol. The zero-order chi connectivity index (χ0) is 18.0. The molecular weight excluding hydrogens is 320 g/mol. The van der Waals surface area contributed by atoms with Crippen molar-refractivity contribution < 1.29 is 14.7 Å². The van der Waals surface area contributed by atoms with Gasteiger partial charge in [-0.15, -0.1) is 0 Å². The third-order valence-corrected chi connectivity index (χ3v) is 4.55. The molecule has 1 aromatic heterocycles. The Kier molecular flexibility index (Phi) is 4.74. The number of rotatable bonds is 2. The van der Waals surface area contributed by atoms with E-state index < -0.39 is 0 Å². The number of amides is 2. The SMILES string of the molecule is Cc1cc(O)ccc1C(=O)N1CCCN(C(=O)c2cncn2C)CC1. The zero-order valence-electron chi connectivity index (χ0n) is 14.5. The normalized spacial score (nSPS) is 15.1. The van der Waals surface area contributed by atoms with E-state index in [0.29, 0.717) is 37.4 Å².